The van der Waals surface area contributed by atoms with Gasteiger partial charge in [-0.15, -0.1) is 11.6 Å². The summed E-state index contributed by atoms with van der Waals surface area (Å²) in [7, 11) is -2.32. The Hall–Kier alpha value is -0.300. The lowest BCUT2D eigenvalue weighted by molar-refractivity contribution is 0.480. The molecule has 0 saturated heterocycles. The zero-order valence-corrected chi connectivity index (χ0v) is 12.6. The molecule has 0 fully saturated rings. The van der Waals surface area contributed by atoms with E-state index in [4.69, 9.17) is 11.6 Å². The second-order valence-electron chi connectivity index (χ2n) is 3.72. The van der Waals surface area contributed by atoms with Crippen molar-refractivity contribution < 1.29 is 12.8 Å². The van der Waals surface area contributed by atoms with Crippen LogP contribution in [0.2, 0.25) is 0 Å². The predicted molar refractivity (Wildman–Crippen MR) is 74.2 cm³/mol. The molecule has 0 unspecified atom stereocenters. The van der Waals surface area contributed by atoms with Gasteiger partial charge in [-0.1, -0.05) is 6.07 Å². The van der Waals surface area contributed by atoms with Gasteiger partial charge in [-0.3, -0.25) is 0 Å². The van der Waals surface area contributed by atoms with Crippen molar-refractivity contribution in [1.82, 2.24) is 4.31 Å². The minimum Gasteiger partial charge on any atom is -0.207 e. The van der Waals surface area contributed by atoms with Gasteiger partial charge in [0, 0.05) is 25.2 Å². The quantitative estimate of drug-likeness (QED) is 0.758. The Balaban J connectivity index is 3.05. The molecule has 0 N–H and O–H groups in total. The van der Waals surface area contributed by atoms with Crippen LogP contribution in [-0.4, -0.2) is 38.3 Å². The van der Waals surface area contributed by atoms with Crippen LogP contribution in [-0.2, 0) is 15.9 Å². The summed E-state index contributed by atoms with van der Waals surface area (Å²) in [6.07, 6.45) is 1.89. The highest BCUT2D eigenvalue weighted by molar-refractivity contribution is 7.98. The topological polar surface area (TPSA) is 37.4 Å². The van der Waals surface area contributed by atoms with Crippen molar-refractivity contribution in [2.45, 2.75) is 10.8 Å². The van der Waals surface area contributed by atoms with Crippen LogP contribution >= 0.6 is 23.4 Å². The number of rotatable bonds is 6. The summed E-state index contributed by atoms with van der Waals surface area (Å²) in [5.74, 6) is 0.0561. The summed E-state index contributed by atoms with van der Waals surface area (Å²) in [5, 5.41) is 0. The molecule has 3 nitrogen and oxygen atoms in total. The van der Waals surface area contributed by atoms with Crippen LogP contribution in [0.25, 0.3) is 0 Å². The number of thioether (sulfide) groups is 1. The molecular formula is C11H15ClFNO2S2. The monoisotopic (exact) mass is 311 g/mol. The van der Waals surface area contributed by atoms with E-state index in [2.05, 4.69) is 0 Å². The maximum absolute atomic E-state index is 13.7. The van der Waals surface area contributed by atoms with Gasteiger partial charge in [-0.05, 0) is 24.0 Å². The average Bonchev–Trinajstić information content (AvgIpc) is 2.35. The lowest BCUT2D eigenvalue weighted by atomic mass is 10.2. The summed E-state index contributed by atoms with van der Waals surface area (Å²) in [5.41, 5.74) is 0.555. The molecule has 0 aliphatic heterocycles. The van der Waals surface area contributed by atoms with Gasteiger partial charge in [0.15, 0.2) is 0 Å². The molecule has 7 heteroatoms. The molecule has 0 amide bonds. The number of hydrogen-bond donors (Lipinski definition) is 0. The van der Waals surface area contributed by atoms with Gasteiger partial charge in [0.05, 0.1) is 0 Å². The average molecular weight is 312 g/mol. The fraction of sp³-hybridized carbons (Fsp3) is 0.455. The smallest absolute Gasteiger partial charge is 0.207 e. The molecule has 1 aromatic rings. The minimum atomic E-state index is -3.76. The van der Waals surface area contributed by atoms with Crippen LogP contribution < -0.4 is 0 Å². The molecule has 0 atom stereocenters. The Labute approximate surface area is 116 Å². The molecule has 1 rings (SSSR count). The highest BCUT2D eigenvalue weighted by Crippen LogP contribution is 2.20. The summed E-state index contributed by atoms with van der Waals surface area (Å²) in [4.78, 5) is -0.306. The third kappa shape index (κ3) is 3.60. The Morgan fingerprint density at radius 3 is 2.61 bits per heavy atom. The summed E-state index contributed by atoms with van der Waals surface area (Å²) < 4.78 is 39.1. The van der Waals surface area contributed by atoms with Crippen molar-refractivity contribution in [3.05, 3.63) is 29.6 Å². The van der Waals surface area contributed by atoms with E-state index in [1.807, 2.05) is 6.26 Å². The third-order valence-electron chi connectivity index (χ3n) is 2.45. The van der Waals surface area contributed by atoms with Gasteiger partial charge >= 0.3 is 0 Å². The fourth-order valence-corrected chi connectivity index (χ4v) is 3.30. The van der Waals surface area contributed by atoms with Gasteiger partial charge in [-0.25, -0.2) is 17.1 Å². The molecule has 0 bridgehead atoms. The first-order valence-corrected chi connectivity index (χ1v) is 8.60. The highest BCUT2D eigenvalue weighted by atomic mass is 35.5. The number of halogens is 2. The van der Waals surface area contributed by atoms with Crippen molar-refractivity contribution in [2.75, 3.05) is 25.6 Å². The second-order valence-corrected chi connectivity index (χ2v) is 6.98. The predicted octanol–water partition coefficient (Wildman–Crippen LogP) is 2.55. The van der Waals surface area contributed by atoms with Gasteiger partial charge in [0.2, 0.25) is 10.0 Å². The molecular weight excluding hydrogens is 297 g/mol. The van der Waals surface area contributed by atoms with Gasteiger partial charge in [0.25, 0.3) is 0 Å². The number of nitrogens with zero attached hydrogens (tertiary/aromatic N) is 1. The maximum Gasteiger partial charge on any atom is 0.245 e. The Morgan fingerprint density at radius 1 is 1.44 bits per heavy atom. The Kier molecular flexibility index (Phi) is 5.91. The maximum atomic E-state index is 13.7. The second kappa shape index (κ2) is 6.75. The first-order valence-electron chi connectivity index (χ1n) is 5.23. The van der Waals surface area contributed by atoms with Gasteiger partial charge in [-0.2, -0.15) is 11.8 Å². The highest BCUT2D eigenvalue weighted by Gasteiger charge is 2.24. The van der Waals surface area contributed by atoms with Crippen LogP contribution in [0.5, 0.6) is 0 Å². The largest absolute Gasteiger partial charge is 0.245 e. The van der Waals surface area contributed by atoms with Crippen LogP contribution in [0.1, 0.15) is 5.56 Å². The number of alkyl halides is 1. The van der Waals surface area contributed by atoms with Crippen molar-refractivity contribution in [3.8, 4) is 0 Å². The molecule has 18 heavy (non-hydrogen) atoms. The number of hydrogen-bond acceptors (Lipinski definition) is 3. The van der Waals surface area contributed by atoms with E-state index in [0.717, 1.165) is 10.4 Å². The Bertz CT molecular complexity index is 508. The number of sulfonamides is 1. The molecule has 0 aromatic heterocycles. The standard InChI is InChI=1S/C11H15ClFNO2S2/c1-14(5-6-17-2)18(15,16)11-4-3-9(8-12)7-10(11)13/h3-4,7H,5-6,8H2,1-2H3. The van der Waals surface area contributed by atoms with E-state index in [1.54, 1.807) is 0 Å². The van der Waals surface area contributed by atoms with E-state index < -0.39 is 15.8 Å². The zero-order chi connectivity index (χ0) is 13.8. The summed E-state index contributed by atoms with van der Waals surface area (Å²) >= 11 is 7.10. The summed E-state index contributed by atoms with van der Waals surface area (Å²) in [6.45, 7) is 0.347. The molecule has 0 aliphatic carbocycles. The van der Waals surface area contributed by atoms with E-state index in [1.165, 1.54) is 30.9 Å². The third-order valence-corrected chi connectivity index (χ3v) is 5.24. The van der Waals surface area contributed by atoms with Gasteiger partial charge < -0.3 is 0 Å². The molecule has 0 saturated carbocycles. The van der Waals surface area contributed by atoms with Crippen LogP contribution in [0.3, 0.4) is 0 Å². The summed E-state index contributed by atoms with van der Waals surface area (Å²) in [6, 6.07) is 3.94. The first-order chi connectivity index (χ1) is 8.43. The number of benzene rings is 1. The lowest BCUT2D eigenvalue weighted by Crippen LogP contribution is -2.29. The van der Waals surface area contributed by atoms with Crippen molar-refractivity contribution >= 4 is 33.4 Å². The van der Waals surface area contributed by atoms with Crippen molar-refractivity contribution in [1.29, 1.82) is 0 Å². The van der Waals surface area contributed by atoms with Crippen molar-refractivity contribution in [2.24, 2.45) is 0 Å². The zero-order valence-electron chi connectivity index (χ0n) is 10.2. The van der Waals surface area contributed by atoms with E-state index in [-0.39, 0.29) is 10.8 Å². The van der Waals surface area contributed by atoms with Crippen LogP contribution in [0, 0.1) is 5.82 Å². The van der Waals surface area contributed by atoms with Crippen LogP contribution in [0.15, 0.2) is 23.1 Å². The lowest BCUT2D eigenvalue weighted by Gasteiger charge is -2.17. The van der Waals surface area contributed by atoms with Gasteiger partial charge in [0.1, 0.15) is 10.7 Å². The van der Waals surface area contributed by atoms with Crippen LogP contribution in [0.4, 0.5) is 4.39 Å². The first kappa shape index (κ1) is 15.8. The van der Waals surface area contributed by atoms with E-state index in [9.17, 15) is 12.8 Å². The van der Waals surface area contributed by atoms with E-state index >= 15 is 0 Å². The fourth-order valence-electron chi connectivity index (χ4n) is 1.34. The molecule has 0 spiro atoms. The van der Waals surface area contributed by atoms with E-state index in [0.29, 0.717) is 17.9 Å². The molecule has 0 aliphatic rings. The molecule has 0 heterocycles. The molecule has 0 radical (unpaired) electrons. The normalized spacial score (nSPS) is 12.1. The van der Waals surface area contributed by atoms with Crippen molar-refractivity contribution in [3.63, 3.8) is 0 Å². The minimum absolute atomic E-state index is 0.152. The SMILES string of the molecule is CSCCN(C)S(=O)(=O)c1ccc(CCl)cc1F. The molecule has 1 aromatic carbocycles. The Morgan fingerprint density at radius 2 is 2.11 bits per heavy atom. The molecule has 102 valence electrons.